The van der Waals surface area contributed by atoms with Crippen molar-refractivity contribution < 1.29 is 9.59 Å². The van der Waals surface area contributed by atoms with Gasteiger partial charge in [0.05, 0.1) is 10.9 Å². The van der Waals surface area contributed by atoms with E-state index < -0.39 is 0 Å². The third kappa shape index (κ3) is 4.91. The van der Waals surface area contributed by atoms with Crippen molar-refractivity contribution in [2.24, 2.45) is 0 Å². The van der Waals surface area contributed by atoms with Gasteiger partial charge in [-0.25, -0.2) is 4.79 Å². The number of nitrogens with one attached hydrogen (secondary N) is 3. The summed E-state index contributed by atoms with van der Waals surface area (Å²) in [5.74, 6) is 0.170. The molecular formula is C26H26N6O2. The molecule has 0 spiro atoms. The number of nitrogen functional groups attached to an aromatic ring is 1. The number of benzene rings is 3. The van der Waals surface area contributed by atoms with Gasteiger partial charge in [0, 0.05) is 43.3 Å². The van der Waals surface area contributed by atoms with E-state index in [-0.39, 0.29) is 11.8 Å². The summed E-state index contributed by atoms with van der Waals surface area (Å²) in [6, 6.07) is 18.3. The molecule has 8 heteroatoms. The van der Waals surface area contributed by atoms with Crippen LogP contribution in [0.2, 0.25) is 0 Å². The summed E-state index contributed by atoms with van der Waals surface area (Å²) in [7, 11) is 3.70. The predicted molar refractivity (Wildman–Crippen MR) is 137 cm³/mol. The smallest absolute Gasteiger partial charge is 0.323 e. The van der Waals surface area contributed by atoms with Crippen LogP contribution in [0.4, 0.5) is 22.0 Å². The zero-order valence-electron chi connectivity index (χ0n) is 19.2. The fraction of sp³-hybridized carbons (Fsp3) is 0.115. The topological polar surface area (TPSA) is 116 Å². The average Bonchev–Trinajstić information content (AvgIpc) is 3.19. The van der Waals surface area contributed by atoms with Crippen LogP contribution in [-0.2, 0) is 0 Å². The Bertz CT molecular complexity index is 1390. The van der Waals surface area contributed by atoms with E-state index in [1.807, 2.05) is 75.6 Å². The molecule has 0 aliphatic heterocycles. The summed E-state index contributed by atoms with van der Waals surface area (Å²) in [6.07, 6.45) is 3.20. The van der Waals surface area contributed by atoms with E-state index in [9.17, 15) is 9.59 Å². The Kier molecular flexibility index (Phi) is 6.31. The number of aromatic amines is 1. The van der Waals surface area contributed by atoms with Crippen molar-refractivity contribution >= 4 is 39.9 Å². The molecule has 5 N–H and O–H groups in total. The summed E-state index contributed by atoms with van der Waals surface area (Å²) in [4.78, 5) is 26.8. The van der Waals surface area contributed by atoms with Crippen LogP contribution >= 0.6 is 0 Å². The minimum Gasteiger partial charge on any atom is -0.383 e. The highest BCUT2D eigenvalue weighted by Gasteiger charge is 2.17. The Morgan fingerprint density at radius 1 is 1.00 bits per heavy atom. The second-order valence-corrected chi connectivity index (χ2v) is 8.19. The molecule has 4 rings (SSSR count). The number of nitrogens with two attached hydrogens (primary N) is 1. The van der Waals surface area contributed by atoms with Crippen LogP contribution in [0.5, 0.6) is 0 Å². The molecule has 0 atom stereocenters. The van der Waals surface area contributed by atoms with Crippen molar-refractivity contribution in [2.45, 2.75) is 6.92 Å². The first kappa shape index (κ1) is 22.6. The van der Waals surface area contributed by atoms with Crippen LogP contribution in [0.3, 0.4) is 0 Å². The number of ketones is 1. The molecule has 8 nitrogen and oxygen atoms in total. The van der Waals surface area contributed by atoms with Crippen LogP contribution in [0, 0.1) is 6.92 Å². The van der Waals surface area contributed by atoms with Crippen LogP contribution in [-0.4, -0.2) is 41.0 Å². The van der Waals surface area contributed by atoms with Crippen molar-refractivity contribution in [3.8, 4) is 11.1 Å². The van der Waals surface area contributed by atoms with Gasteiger partial charge in [0.25, 0.3) is 0 Å². The van der Waals surface area contributed by atoms with Gasteiger partial charge in [-0.1, -0.05) is 30.3 Å². The van der Waals surface area contributed by atoms with Crippen molar-refractivity contribution in [3.63, 3.8) is 0 Å². The molecule has 0 radical (unpaired) electrons. The van der Waals surface area contributed by atoms with E-state index in [1.165, 1.54) is 6.08 Å². The molecule has 1 aromatic heterocycles. The normalized spacial score (nSPS) is 11.0. The van der Waals surface area contributed by atoms with Crippen LogP contribution in [0.1, 0.15) is 15.9 Å². The Morgan fingerprint density at radius 2 is 1.74 bits per heavy atom. The number of H-pyrrole nitrogens is 1. The van der Waals surface area contributed by atoms with E-state index in [0.717, 1.165) is 22.4 Å². The molecule has 172 valence electrons. The fourth-order valence-electron chi connectivity index (χ4n) is 3.66. The molecule has 0 bridgehead atoms. The molecule has 0 saturated carbocycles. The molecule has 1 heterocycles. The Hall–Kier alpha value is -4.59. The molecular weight excluding hydrogens is 428 g/mol. The molecule has 0 saturated heterocycles. The number of carbonyl (C=O) groups excluding carboxylic acids is 2. The van der Waals surface area contributed by atoms with Gasteiger partial charge in [-0.05, 0) is 53.9 Å². The number of hydrogen-bond acceptors (Lipinski definition) is 5. The largest absolute Gasteiger partial charge is 0.383 e. The van der Waals surface area contributed by atoms with Gasteiger partial charge in [0.2, 0.25) is 0 Å². The number of allylic oxidation sites excluding steroid dienone is 1. The van der Waals surface area contributed by atoms with Crippen molar-refractivity contribution in [3.05, 3.63) is 84.1 Å². The van der Waals surface area contributed by atoms with E-state index in [4.69, 9.17) is 5.73 Å². The third-order valence-corrected chi connectivity index (χ3v) is 5.27. The highest BCUT2D eigenvalue weighted by molar-refractivity contribution is 6.16. The third-order valence-electron chi connectivity index (χ3n) is 5.27. The SMILES string of the molecule is Cc1cccc(NC(=O)Nc2ccc(-c3ccc(C(=O)/C=C/N(C)C)c4[nH]nc(N)c34)cc2)c1. The minimum atomic E-state index is -0.325. The lowest BCUT2D eigenvalue weighted by atomic mass is 9.97. The predicted octanol–water partition coefficient (Wildman–Crippen LogP) is 5.02. The molecule has 0 aliphatic rings. The summed E-state index contributed by atoms with van der Waals surface area (Å²) in [5.41, 5.74) is 11.4. The molecule has 4 aromatic rings. The van der Waals surface area contributed by atoms with Crippen molar-refractivity contribution in [1.29, 1.82) is 0 Å². The maximum absolute atomic E-state index is 12.7. The van der Waals surface area contributed by atoms with Gasteiger partial charge in [0.1, 0.15) is 0 Å². The van der Waals surface area contributed by atoms with Gasteiger partial charge >= 0.3 is 6.03 Å². The minimum absolute atomic E-state index is 0.145. The number of rotatable bonds is 6. The molecule has 0 unspecified atom stereocenters. The number of urea groups is 1. The lowest BCUT2D eigenvalue weighted by Gasteiger charge is -2.10. The number of aryl methyl sites for hydroxylation is 1. The van der Waals surface area contributed by atoms with E-state index >= 15 is 0 Å². The number of anilines is 3. The van der Waals surface area contributed by atoms with Gasteiger partial charge in [-0.15, -0.1) is 0 Å². The number of amides is 2. The van der Waals surface area contributed by atoms with Crippen LogP contribution in [0.15, 0.2) is 72.9 Å². The molecule has 2 amide bonds. The highest BCUT2D eigenvalue weighted by atomic mass is 16.2. The quantitative estimate of drug-likeness (QED) is 0.241. The first-order valence-electron chi connectivity index (χ1n) is 10.7. The van der Waals surface area contributed by atoms with Crippen molar-refractivity contribution in [2.75, 3.05) is 30.5 Å². The van der Waals surface area contributed by atoms with Gasteiger partial charge in [0.15, 0.2) is 11.6 Å². The monoisotopic (exact) mass is 454 g/mol. The highest BCUT2D eigenvalue weighted by Crippen LogP contribution is 2.34. The Morgan fingerprint density at radius 3 is 2.44 bits per heavy atom. The first-order chi connectivity index (χ1) is 16.3. The number of aromatic nitrogens is 2. The standard InChI is InChI=1S/C26H26N6O2/c1-16-5-4-6-19(15-16)29-26(34)28-18-9-7-17(8-10-18)20-11-12-21(22(33)13-14-32(2)3)24-23(20)25(27)31-30-24/h4-15H,1-3H3,(H3,27,30,31)(H2,28,29,34)/b14-13+. The Labute approximate surface area is 197 Å². The second kappa shape index (κ2) is 9.50. The van der Waals surface area contributed by atoms with Crippen molar-refractivity contribution in [1.82, 2.24) is 15.1 Å². The summed E-state index contributed by atoms with van der Waals surface area (Å²) in [6.45, 7) is 1.97. The molecule has 34 heavy (non-hydrogen) atoms. The lowest BCUT2D eigenvalue weighted by Crippen LogP contribution is -2.19. The first-order valence-corrected chi connectivity index (χ1v) is 10.7. The number of nitrogens with zero attached hydrogens (tertiary/aromatic N) is 2. The van der Waals surface area contributed by atoms with E-state index in [1.54, 1.807) is 17.2 Å². The summed E-state index contributed by atoms with van der Waals surface area (Å²) >= 11 is 0. The fourth-order valence-corrected chi connectivity index (χ4v) is 3.66. The van der Waals surface area contributed by atoms with Gasteiger partial charge in [-0.3, -0.25) is 9.89 Å². The van der Waals surface area contributed by atoms with E-state index in [2.05, 4.69) is 20.8 Å². The Balaban J connectivity index is 1.57. The van der Waals surface area contributed by atoms with Crippen LogP contribution < -0.4 is 16.4 Å². The van der Waals surface area contributed by atoms with Crippen LogP contribution in [0.25, 0.3) is 22.0 Å². The maximum atomic E-state index is 12.7. The van der Waals surface area contributed by atoms with Gasteiger partial charge in [-0.2, -0.15) is 5.10 Å². The second-order valence-electron chi connectivity index (χ2n) is 8.19. The number of carbonyl (C=O) groups is 2. The van der Waals surface area contributed by atoms with E-state index in [0.29, 0.717) is 28.0 Å². The lowest BCUT2D eigenvalue weighted by molar-refractivity contribution is 0.104. The molecule has 3 aromatic carbocycles. The summed E-state index contributed by atoms with van der Waals surface area (Å²) in [5, 5.41) is 13.3. The maximum Gasteiger partial charge on any atom is 0.323 e. The average molecular weight is 455 g/mol. The number of fused-ring (bicyclic) bond motifs is 1. The molecule has 0 aliphatic carbocycles. The molecule has 0 fully saturated rings. The summed E-state index contributed by atoms with van der Waals surface area (Å²) < 4.78 is 0. The zero-order valence-corrected chi connectivity index (χ0v) is 19.2. The van der Waals surface area contributed by atoms with Gasteiger partial charge < -0.3 is 21.3 Å². The zero-order chi connectivity index (χ0) is 24.2. The number of hydrogen-bond donors (Lipinski definition) is 4.